The predicted octanol–water partition coefficient (Wildman–Crippen LogP) is 2.95. The van der Waals surface area contributed by atoms with Crippen LogP contribution >= 0.6 is 0 Å². The fourth-order valence-corrected chi connectivity index (χ4v) is 3.25. The van der Waals surface area contributed by atoms with E-state index < -0.39 is 11.7 Å². The average molecular weight is 319 g/mol. The molecule has 1 aliphatic carbocycles. The minimum absolute atomic E-state index is 0.261. The molecule has 1 saturated carbocycles. The lowest BCUT2D eigenvalue weighted by Gasteiger charge is -2.23. The van der Waals surface area contributed by atoms with E-state index in [4.69, 9.17) is 4.74 Å². The number of hydrogen-bond acceptors (Lipinski definition) is 5. The van der Waals surface area contributed by atoms with Crippen LogP contribution in [0.4, 0.5) is 4.79 Å². The van der Waals surface area contributed by atoms with Crippen LogP contribution in [0.15, 0.2) is 6.20 Å². The van der Waals surface area contributed by atoms with Gasteiger partial charge in [-0.2, -0.15) is 0 Å². The van der Waals surface area contributed by atoms with Gasteiger partial charge in [0.1, 0.15) is 11.7 Å². The predicted molar refractivity (Wildman–Crippen MR) is 84.4 cm³/mol. The van der Waals surface area contributed by atoms with Crippen LogP contribution in [0.25, 0.3) is 0 Å². The summed E-state index contributed by atoms with van der Waals surface area (Å²) in [5.74, 6) is 0.748. The molecule has 0 spiro atoms. The zero-order chi connectivity index (χ0) is 16.6. The molecule has 1 atom stereocenters. The number of carbonyl (C=O) groups is 1. The molecule has 0 bridgehead atoms. The van der Waals surface area contributed by atoms with Crippen LogP contribution in [0, 0.1) is 5.92 Å². The molecule has 1 amide bonds. The van der Waals surface area contributed by atoms with Gasteiger partial charge in [-0.15, -0.1) is 0 Å². The van der Waals surface area contributed by atoms with Gasteiger partial charge in [-0.25, -0.2) is 14.8 Å². The number of rotatable bonds is 2. The number of fused-ring (bicyclic) bond motifs is 1. The molecule has 126 valence electrons. The molecular formula is C17H25N3O3. The number of amides is 1. The highest BCUT2D eigenvalue weighted by molar-refractivity contribution is 5.69. The first kappa shape index (κ1) is 16.2. The highest BCUT2D eigenvalue weighted by Crippen LogP contribution is 2.35. The molecule has 1 aliphatic heterocycles. The molecule has 3 rings (SSSR count). The standard InChI is InChI=1S/C17H25N3O3/c1-17(2,3)23-16(22)20-9-12-8-18-15(19-13(12)10-20)14(21)11-6-4-5-7-11/h8,11,14,21H,4-7,9-10H2,1-3H3. The van der Waals surface area contributed by atoms with Crippen LogP contribution in [0.3, 0.4) is 0 Å². The number of aliphatic hydroxyl groups excluding tert-OH is 1. The molecule has 1 unspecified atom stereocenters. The third-order valence-corrected chi connectivity index (χ3v) is 4.44. The lowest BCUT2D eigenvalue weighted by Crippen LogP contribution is -2.33. The first-order valence-corrected chi connectivity index (χ1v) is 8.34. The maximum absolute atomic E-state index is 12.2. The quantitative estimate of drug-likeness (QED) is 0.907. The van der Waals surface area contributed by atoms with Gasteiger partial charge in [-0.3, -0.25) is 4.90 Å². The van der Waals surface area contributed by atoms with E-state index >= 15 is 0 Å². The van der Waals surface area contributed by atoms with E-state index in [9.17, 15) is 9.90 Å². The summed E-state index contributed by atoms with van der Waals surface area (Å²) in [6.45, 7) is 6.43. The van der Waals surface area contributed by atoms with Gasteiger partial charge >= 0.3 is 6.09 Å². The van der Waals surface area contributed by atoms with Crippen LogP contribution in [0.5, 0.6) is 0 Å². The Morgan fingerprint density at radius 1 is 1.35 bits per heavy atom. The van der Waals surface area contributed by atoms with E-state index in [-0.39, 0.29) is 12.0 Å². The maximum Gasteiger partial charge on any atom is 0.410 e. The van der Waals surface area contributed by atoms with E-state index in [1.807, 2.05) is 20.8 Å². The van der Waals surface area contributed by atoms with Crippen LogP contribution in [-0.4, -0.2) is 31.7 Å². The zero-order valence-corrected chi connectivity index (χ0v) is 14.1. The molecule has 23 heavy (non-hydrogen) atoms. The van der Waals surface area contributed by atoms with Crippen molar-refractivity contribution in [2.75, 3.05) is 0 Å². The first-order valence-electron chi connectivity index (χ1n) is 8.34. The average Bonchev–Trinajstić information content (AvgIpc) is 3.13. The van der Waals surface area contributed by atoms with Crippen molar-refractivity contribution in [3.63, 3.8) is 0 Å². The molecule has 1 aromatic heterocycles. The first-order chi connectivity index (χ1) is 10.8. The summed E-state index contributed by atoms with van der Waals surface area (Å²) in [6, 6.07) is 0. The van der Waals surface area contributed by atoms with Gasteiger partial charge in [0, 0.05) is 11.8 Å². The third-order valence-electron chi connectivity index (χ3n) is 4.44. The van der Waals surface area contributed by atoms with Crippen LogP contribution in [-0.2, 0) is 17.8 Å². The Kier molecular flexibility index (Phi) is 4.27. The van der Waals surface area contributed by atoms with E-state index in [0.717, 1.165) is 24.1 Å². The zero-order valence-electron chi connectivity index (χ0n) is 14.1. The van der Waals surface area contributed by atoms with E-state index in [1.165, 1.54) is 12.8 Å². The molecule has 0 aromatic carbocycles. The molecule has 2 aliphatic rings. The molecule has 1 aromatic rings. The number of ether oxygens (including phenoxy) is 1. The number of nitrogens with zero attached hydrogens (tertiary/aromatic N) is 3. The number of aromatic nitrogens is 2. The van der Waals surface area contributed by atoms with Crippen molar-refractivity contribution in [3.05, 3.63) is 23.3 Å². The number of carbonyl (C=O) groups excluding carboxylic acids is 1. The van der Waals surface area contributed by atoms with Gasteiger partial charge in [0.15, 0.2) is 5.82 Å². The number of aliphatic hydroxyl groups is 1. The molecule has 1 N–H and O–H groups in total. The lowest BCUT2D eigenvalue weighted by molar-refractivity contribution is 0.0240. The third kappa shape index (κ3) is 3.63. The summed E-state index contributed by atoms with van der Waals surface area (Å²) in [4.78, 5) is 22.6. The van der Waals surface area contributed by atoms with E-state index in [0.29, 0.717) is 18.9 Å². The summed E-state index contributed by atoms with van der Waals surface area (Å²) in [7, 11) is 0. The Balaban J connectivity index is 1.69. The van der Waals surface area contributed by atoms with Gasteiger partial charge < -0.3 is 9.84 Å². The van der Waals surface area contributed by atoms with Crippen molar-refractivity contribution in [2.24, 2.45) is 5.92 Å². The van der Waals surface area contributed by atoms with Crippen LogP contribution < -0.4 is 0 Å². The van der Waals surface area contributed by atoms with Crippen molar-refractivity contribution in [1.29, 1.82) is 0 Å². The van der Waals surface area contributed by atoms with Gasteiger partial charge in [-0.1, -0.05) is 12.8 Å². The van der Waals surface area contributed by atoms with Gasteiger partial charge in [0.05, 0.1) is 18.8 Å². The fourth-order valence-electron chi connectivity index (χ4n) is 3.25. The molecular weight excluding hydrogens is 294 g/mol. The second kappa shape index (κ2) is 6.07. The minimum Gasteiger partial charge on any atom is -0.444 e. The fraction of sp³-hybridized carbons (Fsp3) is 0.706. The summed E-state index contributed by atoms with van der Waals surface area (Å²) in [5, 5.41) is 10.4. The van der Waals surface area contributed by atoms with Crippen LogP contribution in [0.1, 0.15) is 69.6 Å². The molecule has 6 heteroatoms. The summed E-state index contributed by atoms with van der Waals surface area (Å²) >= 11 is 0. The topological polar surface area (TPSA) is 75.5 Å². The van der Waals surface area contributed by atoms with Crippen molar-refractivity contribution in [3.8, 4) is 0 Å². The summed E-state index contributed by atoms with van der Waals surface area (Å²) < 4.78 is 5.40. The monoisotopic (exact) mass is 319 g/mol. The van der Waals surface area contributed by atoms with Crippen molar-refractivity contribution < 1.29 is 14.6 Å². The van der Waals surface area contributed by atoms with Crippen molar-refractivity contribution >= 4 is 6.09 Å². The van der Waals surface area contributed by atoms with Gasteiger partial charge in [0.2, 0.25) is 0 Å². The van der Waals surface area contributed by atoms with Crippen molar-refractivity contribution in [1.82, 2.24) is 14.9 Å². The van der Waals surface area contributed by atoms with Crippen LogP contribution in [0.2, 0.25) is 0 Å². The highest BCUT2D eigenvalue weighted by Gasteiger charge is 2.31. The second-order valence-electron chi connectivity index (χ2n) is 7.53. The normalized spacial score (nSPS) is 19.7. The molecule has 0 saturated heterocycles. The Labute approximate surface area is 136 Å². The highest BCUT2D eigenvalue weighted by atomic mass is 16.6. The van der Waals surface area contributed by atoms with E-state index in [1.54, 1.807) is 11.1 Å². The molecule has 1 fully saturated rings. The second-order valence-corrected chi connectivity index (χ2v) is 7.53. The van der Waals surface area contributed by atoms with Gasteiger partial charge in [0.25, 0.3) is 0 Å². The Bertz CT molecular complexity index is 591. The Morgan fingerprint density at radius 2 is 2.04 bits per heavy atom. The number of hydrogen-bond donors (Lipinski definition) is 1. The Morgan fingerprint density at radius 3 is 2.70 bits per heavy atom. The SMILES string of the molecule is CC(C)(C)OC(=O)N1Cc2cnc(C(O)C3CCCC3)nc2C1. The molecule has 6 nitrogen and oxygen atoms in total. The summed E-state index contributed by atoms with van der Waals surface area (Å²) in [5.41, 5.74) is 1.23. The summed E-state index contributed by atoms with van der Waals surface area (Å²) in [6.07, 6.45) is 5.20. The van der Waals surface area contributed by atoms with Gasteiger partial charge in [-0.05, 0) is 39.5 Å². The lowest BCUT2D eigenvalue weighted by atomic mass is 10.0. The smallest absolute Gasteiger partial charge is 0.410 e. The van der Waals surface area contributed by atoms with E-state index in [2.05, 4.69) is 9.97 Å². The minimum atomic E-state index is -0.599. The molecule has 2 heterocycles. The largest absolute Gasteiger partial charge is 0.444 e. The molecule has 0 radical (unpaired) electrons. The maximum atomic E-state index is 12.2. The van der Waals surface area contributed by atoms with Crippen molar-refractivity contribution in [2.45, 2.75) is 71.2 Å². The Hall–Kier alpha value is -1.69.